The van der Waals surface area contributed by atoms with Crippen molar-refractivity contribution in [1.29, 1.82) is 0 Å². The number of anilines is 1. The second-order valence-electron chi connectivity index (χ2n) is 8.03. The van der Waals surface area contributed by atoms with Crippen LogP contribution in [0.3, 0.4) is 0 Å². The molecule has 3 N–H and O–H groups in total. The highest BCUT2D eigenvalue weighted by atomic mass is 14.9. The third-order valence-electron chi connectivity index (χ3n) is 5.18. The number of nitrogen functional groups attached to an aromatic ring is 1. The number of nitrogens with two attached hydrogens (primary N) is 1. The quantitative estimate of drug-likeness (QED) is 0.636. The van der Waals surface area contributed by atoms with Crippen LogP contribution in [-0.4, -0.2) is 9.97 Å². The molecule has 4 rings (SSSR count). The molecule has 2 aromatic carbocycles. The Morgan fingerprint density at radius 1 is 1.00 bits per heavy atom. The standard InChI is InChI=1S/C20H23N3/c1-19(2)11-20(3,4)14-10-17-16(9-13(14)19)22-18(23-17)12-7-5-6-8-15(12)21/h5-10H,11,21H2,1-4H3,(H,22,23). The minimum absolute atomic E-state index is 0.192. The van der Waals surface area contributed by atoms with Crippen molar-refractivity contribution in [1.82, 2.24) is 9.97 Å². The summed E-state index contributed by atoms with van der Waals surface area (Å²) in [5.74, 6) is 0.845. The summed E-state index contributed by atoms with van der Waals surface area (Å²) in [5, 5.41) is 0. The van der Waals surface area contributed by atoms with Crippen LogP contribution < -0.4 is 5.73 Å². The molecule has 3 heteroatoms. The van der Waals surface area contributed by atoms with E-state index in [1.807, 2.05) is 24.3 Å². The molecular weight excluding hydrogens is 282 g/mol. The van der Waals surface area contributed by atoms with Crippen molar-refractivity contribution < 1.29 is 0 Å². The van der Waals surface area contributed by atoms with Gasteiger partial charge in [0.2, 0.25) is 0 Å². The van der Waals surface area contributed by atoms with Crippen molar-refractivity contribution in [2.24, 2.45) is 0 Å². The van der Waals surface area contributed by atoms with Crippen LogP contribution in [0.2, 0.25) is 0 Å². The summed E-state index contributed by atoms with van der Waals surface area (Å²) >= 11 is 0. The number of aromatic amines is 1. The van der Waals surface area contributed by atoms with E-state index < -0.39 is 0 Å². The summed E-state index contributed by atoms with van der Waals surface area (Å²) < 4.78 is 0. The van der Waals surface area contributed by atoms with E-state index in [0.717, 1.165) is 28.1 Å². The van der Waals surface area contributed by atoms with Crippen molar-refractivity contribution in [2.45, 2.75) is 44.9 Å². The summed E-state index contributed by atoms with van der Waals surface area (Å²) in [6.45, 7) is 9.32. The molecule has 118 valence electrons. The minimum atomic E-state index is 0.192. The molecule has 0 unspecified atom stereocenters. The summed E-state index contributed by atoms with van der Waals surface area (Å²) in [6.07, 6.45) is 1.17. The molecule has 23 heavy (non-hydrogen) atoms. The van der Waals surface area contributed by atoms with Gasteiger partial charge in [0.05, 0.1) is 11.0 Å². The van der Waals surface area contributed by atoms with Crippen LogP contribution in [0.4, 0.5) is 5.69 Å². The van der Waals surface area contributed by atoms with Gasteiger partial charge in [0.1, 0.15) is 5.82 Å². The number of rotatable bonds is 1. The molecule has 0 atom stereocenters. The Morgan fingerprint density at radius 2 is 1.65 bits per heavy atom. The first-order valence-electron chi connectivity index (χ1n) is 8.18. The van der Waals surface area contributed by atoms with Crippen molar-refractivity contribution in [3.63, 3.8) is 0 Å². The van der Waals surface area contributed by atoms with Gasteiger partial charge in [0.15, 0.2) is 0 Å². The molecule has 3 nitrogen and oxygen atoms in total. The number of hydrogen-bond acceptors (Lipinski definition) is 2. The second-order valence-corrected chi connectivity index (χ2v) is 8.03. The number of nitrogens with zero attached hydrogens (tertiary/aromatic N) is 1. The van der Waals surface area contributed by atoms with Crippen LogP contribution in [0, 0.1) is 0 Å². The summed E-state index contributed by atoms with van der Waals surface area (Å²) in [6, 6.07) is 12.4. The summed E-state index contributed by atoms with van der Waals surface area (Å²) in [5.41, 5.74) is 13.2. The molecule has 1 aromatic heterocycles. The van der Waals surface area contributed by atoms with Crippen molar-refractivity contribution in [2.75, 3.05) is 5.73 Å². The Morgan fingerprint density at radius 3 is 2.35 bits per heavy atom. The lowest BCUT2D eigenvalue weighted by Gasteiger charge is -2.22. The molecule has 0 saturated carbocycles. The Bertz CT molecular complexity index is 865. The zero-order valence-corrected chi connectivity index (χ0v) is 14.2. The van der Waals surface area contributed by atoms with E-state index in [1.54, 1.807) is 0 Å². The number of nitrogens with one attached hydrogen (secondary N) is 1. The van der Waals surface area contributed by atoms with E-state index in [4.69, 9.17) is 10.7 Å². The molecule has 0 amide bonds. The average Bonchev–Trinajstić information content (AvgIpc) is 2.94. The molecule has 0 radical (unpaired) electrons. The van der Waals surface area contributed by atoms with E-state index >= 15 is 0 Å². The van der Waals surface area contributed by atoms with Gasteiger partial charge in [-0.2, -0.15) is 0 Å². The minimum Gasteiger partial charge on any atom is -0.398 e. The van der Waals surface area contributed by atoms with E-state index in [2.05, 4.69) is 44.8 Å². The van der Waals surface area contributed by atoms with Gasteiger partial charge in [-0.1, -0.05) is 39.8 Å². The second kappa shape index (κ2) is 4.38. The fourth-order valence-electron chi connectivity index (χ4n) is 4.31. The molecular formula is C20H23N3. The van der Waals surface area contributed by atoms with Crippen molar-refractivity contribution in [3.05, 3.63) is 47.5 Å². The normalized spacial score (nSPS) is 18.3. The molecule has 0 spiro atoms. The lowest BCUT2D eigenvalue weighted by Crippen LogP contribution is -2.17. The largest absolute Gasteiger partial charge is 0.398 e. The summed E-state index contributed by atoms with van der Waals surface area (Å²) in [7, 11) is 0. The van der Waals surface area contributed by atoms with Crippen molar-refractivity contribution >= 4 is 16.7 Å². The fourth-order valence-corrected chi connectivity index (χ4v) is 4.31. The third kappa shape index (κ3) is 2.07. The van der Waals surface area contributed by atoms with E-state index in [0.29, 0.717) is 0 Å². The Balaban J connectivity index is 1.94. The first kappa shape index (κ1) is 14.3. The van der Waals surface area contributed by atoms with Gasteiger partial charge in [-0.15, -0.1) is 0 Å². The highest BCUT2D eigenvalue weighted by Gasteiger charge is 2.42. The Hall–Kier alpha value is -2.29. The van der Waals surface area contributed by atoms with Crippen LogP contribution in [0.25, 0.3) is 22.4 Å². The number of para-hydroxylation sites is 1. The van der Waals surface area contributed by atoms with Gasteiger partial charge in [-0.25, -0.2) is 4.98 Å². The topological polar surface area (TPSA) is 54.7 Å². The number of fused-ring (bicyclic) bond motifs is 2. The third-order valence-corrected chi connectivity index (χ3v) is 5.18. The van der Waals surface area contributed by atoms with Crippen LogP contribution in [0.15, 0.2) is 36.4 Å². The maximum Gasteiger partial charge on any atom is 0.140 e. The van der Waals surface area contributed by atoms with Crippen LogP contribution >= 0.6 is 0 Å². The highest BCUT2D eigenvalue weighted by Crippen LogP contribution is 2.50. The molecule has 3 aromatic rings. The number of benzene rings is 2. The molecule has 0 bridgehead atoms. The lowest BCUT2D eigenvalue weighted by molar-refractivity contribution is 0.403. The highest BCUT2D eigenvalue weighted by molar-refractivity contribution is 5.84. The van der Waals surface area contributed by atoms with E-state index in [9.17, 15) is 0 Å². The van der Waals surface area contributed by atoms with Crippen molar-refractivity contribution in [3.8, 4) is 11.4 Å². The Labute approximate surface area is 136 Å². The molecule has 0 aliphatic heterocycles. The molecule has 0 saturated heterocycles. The first-order valence-corrected chi connectivity index (χ1v) is 8.18. The predicted octanol–water partition coefficient (Wildman–Crippen LogP) is 4.77. The van der Waals surface area contributed by atoms with Crippen LogP contribution in [0.1, 0.15) is 45.2 Å². The van der Waals surface area contributed by atoms with E-state index in [1.165, 1.54) is 17.5 Å². The number of H-pyrrole nitrogens is 1. The summed E-state index contributed by atoms with van der Waals surface area (Å²) in [4.78, 5) is 8.26. The van der Waals surface area contributed by atoms with Crippen LogP contribution in [0.5, 0.6) is 0 Å². The van der Waals surface area contributed by atoms with Gasteiger partial charge in [-0.3, -0.25) is 0 Å². The van der Waals surface area contributed by atoms with Gasteiger partial charge >= 0.3 is 0 Å². The maximum atomic E-state index is 6.10. The monoisotopic (exact) mass is 305 g/mol. The van der Waals surface area contributed by atoms with Gasteiger partial charge < -0.3 is 10.7 Å². The van der Waals surface area contributed by atoms with E-state index in [-0.39, 0.29) is 10.8 Å². The zero-order valence-electron chi connectivity index (χ0n) is 14.2. The molecule has 0 fully saturated rings. The zero-order chi connectivity index (χ0) is 16.4. The Kier molecular flexibility index (Phi) is 2.72. The average molecular weight is 305 g/mol. The number of hydrogen-bond donors (Lipinski definition) is 2. The van der Waals surface area contributed by atoms with Gasteiger partial charge in [0, 0.05) is 11.3 Å². The fraction of sp³-hybridized carbons (Fsp3) is 0.350. The van der Waals surface area contributed by atoms with Crippen LogP contribution in [-0.2, 0) is 10.8 Å². The smallest absolute Gasteiger partial charge is 0.140 e. The SMILES string of the molecule is CC1(C)CC(C)(C)c2cc3[nH]c(-c4ccccc4N)nc3cc21. The molecule has 1 aliphatic rings. The lowest BCUT2D eigenvalue weighted by atomic mass is 9.82. The maximum absolute atomic E-state index is 6.10. The molecule has 1 heterocycles. The molecule has 1 aliphatic carbocycles. The number of aromatic nitrogens is 2. The first-order chi connectivity index (χ1) is 10.8. The van der Waals surface area contributed by atoms with Gasteiger partial charge in [0.25, 0.3) is 0 Å². The predicted molar refractivity (Wildman–Crippen MR) is 96.6 cm³/mol. The van der Waals surface area contributed by atoms with Gasteiger partial charge in [-0.05, 0) is 52.6 Å². The number of imidazole rings is 1.